The van der Waals surface area contributed by atoms with Gasteiger partial charge in [0.1, 0.15) is 5.75 Å². The third kappa shape index (κ3) is 4.92. The first-order chi connectivity index (χ1) is 15.7. The van der Waals surface area contributed by atoms with E-state index in [-0.39, 0.29) is 10.8 Å². The molecule has 2 N–H and O–H groups in total. The zero-order valence-electron chi connectivity index (χ0n) is 17.0. The first-order valence-electron chi connectivity index (χ1n) is 9.63. The van der Waals surface area contributed by atoms with Crippen LogP contribution in [-0.2, 0) is 0 Å². The van der Waals surface area contributed by atoms with Crippen LogP contribution in [0, 0.1) is 0 Å². The van der Waals surface area contributed by atoms with E-state index in [1.54, 1.807) is 37.3 Å². The van der Waals surface area contributed by atoms with Crippen LogP contribution < -0.4 is 5.43 Å². The number of rotatable bonds is 4. The molecule has 0 bridgehead atoms. The number of fused-ring (bicyclic) bond motifs is 1. The van der Waals surface area contributed by atoms with Crippen LogP contribution in [0.5, 0.6) is 5.75 Å². The standard InChI is InChI=1S/C24H15Cl4N3O2/c1-12(16-9-14(25)10-20(28)23(16)32)30-31-24(33)17-11-22(13-6-7-18(26)19(27)8-13)29-21-5-3-2-4-15(17)21/h2-11,32H,1H3,(H,31,33)/b30-12-. The second-order valence-corrected chi connectivity index (χ2v) is 8.78. The quantitative estimate of drug-likeness (QED) is 0.218. The third-order valence-electron chi connectivity index (χ3n) is 4.92. The van der Waals surface area contributed by atoms with Crippen molar-refractivity contribution in [1.82, 2.24) is 10.4 Å². The maximum atomic E-state index is 13.1. The Morgan fingerprint density at radius 2 is 1.67 bits per heavy atom. The summed E-state index contributed by atoms with van der Waals surface area (Å²) in [5.74, 6) is -0.630. The molecule has 0 saturated carbocycles. The molecule has 166 valence electrons. The predicted octanol–water partition coefficient (Wildman–Crippen LogP) is 7.38. The van der Waals surface area contributed by atoms with E-state index in [2.05, 4.69) is 15.5 Å². The zero-order chi connectivity index (χ0) is 23.7. The molecule has 0 unspecified atom stereocenters. The molecule has 1 heterocycles. The van der Waals surface area contributed by atoms with Gasteiger partial charge in [-0.2, -0.15) is 5.10 Å². The number of halogens is 4. The predicted molar refractivity (Wildman–Crippen MR) is 135 cm³/mol. The number of pyridine rings is 1. The van der Waals surface area contributed by atoms with E-state index >= 15 is 0 Å². The summed E-state index contributed by atoms with van der Waals surface area (Å²) in [6.45, 7) is 1.62. The largest absolute Gasteiger partial charge is 0.506 e. The van der Waals surface area contributed by atoms with Crippen LogP contribution in [0.3, 0.4) is 0 Å². The lowest BCUT2D eigenvalue weighted by atomic mass is 10.0. The van der Waals surface area contributed by atoms with E-state index in [4.69, 9.17) is 46.4 Å². The molecule has 0 spiro atoms. The summed E-state index contributed by atoms with van der Waals surface area (Å²) in [4.78, 5) is 17.8. The average Bonchev–Trinajstić information content (AvgIpc) is 2.80. The van der Waals surface area contributed by atoms with Crippen LogP contribution in [0.2, 0.25) is 20.1 Å². The average molecular weight is 519 g/mol. The van der Waals surface area contributed by atoms with Gasteiger partial charge in [-0.05, 0) is 43.3 Å². The minimum Gasteiger partial charge on any atom is -0.506 e. The Labute approximate surface area is 209 Å². The molecule has 1 aromatic heterocycles. The molecule has 33 heavy (non-hydrogen) atoms. The summed E-state index contributed by atoms with van der Waals surface area (Å²) in [6.07, 6.45) is 0. The Morgan fingerprint density at radius 3 is 2.42 bits per heavy atom. The molecule has 1 amide bonds. The van der Waals surface area contributed by atoms with Crippen molar-refractivity contribution in [3.05, 3.63) is 91.9 Å². The highest BCUT2D eigenvalue weighted by Crippen LogP contribution is 2.32. The van der Waals surface area contributed by atoms with Gasteiger partial charge in [0.15, 0.2) is 0 Å². The van der Waals surface area contributed by atoms with Crippen molar-refractivity contribution in [1.29, 1.82) is 0 Å². The number of carbonyl (C=O) groups is 1. The summed E-state index contributed by atoms with van der Waals surface area (Å²) in [6, 6.07) is 17.0. The Morgan fingerprint density at radius 1 is 0.909 bits per heavy atom. The maximum Gasteiger partial charge on any atom is 0.272 e. The third-order valence-corrected chi connectivity index (χ3v) is 6.16. The van der Waals surface area contributed by atoms with Crippen LogP contribution in [-0.4, -0.2) is 21.7 Å². The molecule has 9 heteroatoms. The van der Waals surface area contributed by atoms with E-state index in [1.807, 2.05) is 18.2 Å². The molecule has 0 saturated heterocycles. The maximum absolute atomic E-state index is 13.1. The van der Waals surface area contributed by atoms with Crippen molar-refractivity contribution >= 4 is 68.9 Å². The highest BCUT2D eigenvalue weighted by Gasteiger charge is 2.16. The number of phenols is 1. The molecule has 0 atom stereocenters. The number of carbonyl (C=O) groups excluding carboxylic acids is 1. The van der Waals surface area contributed by atoms with Crippen LogP contribution in [0.25, 0.3) is 22.2 Å². The summed E-state index contributed by atoms with van der Waals surface area (Å²) < 4.78 is 0. The van der Waals surface area contributed by atoms with Gasteiger partial charge >= 0.3 is 0 Å². The fourth-order valence-corrected chi connectivity index (χ4v) is 4.05. The van der Waals surface area contributed by atoms with Crippen molar-refractivity contribution in [2.24, 2.45) is 5.10 Å². The fraction of sp³-hybridized carbons (Fsp3) is 0.0417. The number of phenolic OH excluding ortho intramolecular Hbond substituents is 1. The number of nitrogens with zero attached hydrogens (tertiary/aromatic N) is 2. The van der Waals surface area contributed by atoms with E-state index in [0.29, 0.717) is 54.1 Å². The lowest BCUT2D eigenvalue weighted by molar-refractivity contribution is 0.0956. The fourth-order valence-electron chi connectivity index (χ4n) is 3.26. The van der Waals surface area contributed by atoms with E-state index < -0.39 is 5.91 Å². The van der Waals surface area contributed by atoms with Crippen molar-refractivity contribution < 1.29 is 9.90 Å². The number of amides is 1. The van der Waals surface area contributed by atoms with E-state index in [0.717, 1.165) is 0 Å². The number of para-hydroxylation sites is 1. The number of aromatic nitrogens is 1. The summed E-state index contributed by atoms with van der Waals surface area (Å²) >= 11 is 24.2. The van der Waals surface area contributed by atoms with Crippen LogP contribution in [0.1, 0.15) is 22.8 Å². The Kier molecular flexibility index (Phi) is 6.77. The first kappa shape index (κ1) is 23.3. The van der Waals surface area contributed by atoms with Crippen LogP contribution in [0.4, 0.5) is 0 Å². The monoisotopic (exact) mass is 517 g/mol. The van der Waals surface area contributed by atoms with Crippen molar-refractivity contribution in [3.8, 4) is 17.0 Å². The molecule has 0 fully saturated rings. The summed E-state index contributed by atoms with van der Waals surface area (Å²) in [5.41, 5.74) is 5.43. The van der Waals surface area contributed by atoms with Gasteiger partial charge in [-0.3, -0.25) is 4.79 Å². The van der Waals surface area contributed by atoms with Gasteiger partial charge in [-0.15, -0.1) is 0 Å². The summed E-state index contributed by atoms with van der Waals surface area (Å²) in [7, 11) is 0. The van der Waals surface area contributed by atoms with Gasteiger partial charge in [0.05, 0.1) is 37.6 Å². The topological polar surface area (TPSA) is 74.6 Å². The lowest BCUT2D eigenvalue weighted by Crippen LogP contribution is -2.20. The SMILES string of the molecule is C/C(=N/NC(=O)c1cc(-c2ccc(Cl)c(Cl)c2)nc2ccccc12)c1cc(Cl)cc(Cl)c1O. The Bertz CT molecular complexity index is 1440. The van der Waals surface area contributed by atoms with E-state index in [1.165, 1.54) is 12.1 Å². The van der Waals surface area contributed by atoms with Gasteiger partial charge < -0.3 is 5.11 Å². The van der Waals surface area contributed by atoms with Gasteiger partial charge in [0.2, 0.25) is 0 Å². The van der Waals surface area contributed by atoms with Crippen molar-refractivity contribution in [2.45, 2.75) is 6.92 Å². The smallest absolute Gasteiger partial charge is 0.272 e. The number of hydrogen-bond donors (Lipinski definition) is 2. The zero-order valence-corrected chi connectivity index (χ0v) is 20.1. The normalized spacial score (nSPS) is 11.6. The van der Waals surface area contributed by atoms with Gasteiger partial charge in [-0.1, -0.05) is 70.7 Å². The molecular formula is C24H15Cl4N3O2. The van der Waals surface area contributed by atoms with E-state index in [9.17, 15) is 9.90 Å². The van der Waals surface area contributed by atoms with Gasteiger partial charge in [0.25, 0.3) is 5.91 Å². The number of hydrazone groups is 1. The molecule has 3 aromatic carbocycles. The number of benzene rings is 3. The number of hydrogen-bond acceptors (Lipinski definition) is 4. The number of aromatic hydroxyl groups is 1. The highest BCUT2D eigenvalue weighted by atomic mass is 35.5. The molecule has 0 aliphatic heterocycles. The summed E-state index contributed by atoms with van der Waals surface area (Å²) in [5, 5.41) is 16.2. The van der Waals surface area contributed by atoms with Crippen molar-refractivity contribution in [3.63, 3.8) is 0 Å². The minimum absolute atomic E-state index is 0.0878. The lowest BCUT2D eigenvalue weighted by Gasteiger charge is -2.11. The Hall–Kier alpha value is -2.83. The minimum atomic E-state index is -0.457. The molecule has 0 aliphatic rings. The Balaban J connectivity index is 1.73. The molecule has 0 aliphatic carbocycles. The molecule has 4 rings (SSSR count). The first-order valence-corrected chi connectivity index (χ1v) is 11.1. The molecular weight excluding hydrogens is 504 g/mol. The van der Waals surface area contributed by atoms with Gasteiger partial charge in [-0.25, -0.2) is 10.4 Å². The van der Waals surface area contributed by atoms with Crippen molar-refractivity contribution in [2.75, 3.05) is 0 Å². The molecule has 5 nitrogen and oxygen atoms in total. The van der Waals surface area contributed by atoms with Crippen LogP contribution in [0.15, 0.2) is 65.8 Å². The molecule has 4 aromatic rings. The highest BCUT2D eigenvalue weighted by molar-refractivity contribution is 6.42. The van der Waals surface area contributed by atoms with Gasteiger partial charge in [0, 0.05) is 21.5 Å². The number of nitrogens with one attached hydrogen (secondary N) is 1. The second-order valence-electron chi connectivity index (χ2n) is 7.12. The van der Waals surface area contributed by atoms with Crippen LogP contribution >= 0.6 is 46.4 Å². The second kappa shape index (κ2) is 9.57. The molecule has 0 radical (unpaired) electrons.